The van der Waals surface area contributed by atoms with Gasteiger partial charge >= 0.3 is 0 Å². The Hall–Kier alpha value is -4.54. The van der Waals surface area contributed by atoms with Crippen LogP contribution in [0.25, 0.3) is 11.0 Å². The number of hydrogen-bond acceptors (Lipinski definition) is 7. The summed E-state index contributed by atoms with van der Waals surface area (Å²) in [5, 5.41) is 18.4. The van der Waals surface area contributed by atoms with E-state index in [-0.39, 0.29) is 30.2 Å². The summed E-state index contributed by atoms with van der Waals surface area (Å²) in [6.45, 7) is 3.03. The lowest BCUT2D eigenvalue weighted by atomic mass is 10.2. The SMILES string of the molecule is CCOc1ccccc1C(=O)NCCn1ncc2c(=O)n(Cc3cccc([N+](=O)[O-])c3)cnc21. The molecule has 0 radical (unpaired) electrons. The second-order valence-electron chi connectivity index (χ2n) is 7.39. The minimum atomic E-state index is -0.480. The van der Waals surface area contributed by atoms with Gasteiger partial charge in [-0.25, -0.2) is 9.67 Å². The summed E-state index contributed by atoms with van der Waals surface area (Å²) in [6, 6.07) is 13.1. The van der Waals surface area contributed by atoms with Gasteiger partial charge in [0.1, 0.15) is 17.5 Å². The van der Waals surface area contributed by atoms with Crippen molar-refractivity contribution in [3.05, 3.63) is 92.7 Å². The van der Waals surface area contributed by atoms with Gasteiger partial charge in [-0.1, -0.05) is 24.3 Å². The highest BCUT2D eigenvalue weighted by Gasteiger charge is 2.14. The van der Waals surface area contributed by atoms with E-state index in [0.717, 1.165) is 0 Å². The van der Waals surface area contributed by atoms with E-state index < -0.39 is 4.92 Å². The van der Waals surface area contributed by atoms with Crippen molar-refractivity contribution in [2.75, 3.05) is 13.2 Å². The fraction of sp³-hybridized carbons (Fsp3) is 0.217. The number of non-ortho nitro benzene ring substituents is 1. The van der Waals surface area contributed by atoms with E-state index in [9.17, 15) is 19.7 Å². The highest BCUT2D eigenvalue weighted by Crippen LogP contribution is 2.18. The van der Waals surface area contributed by atoms with Crippen molar-refractivity contribution in [1.82, 2.24) is 24.6 Å². The van der Waals surface area contributed by atoms with Gasteiger partial charge < -0.3 is 10.1 Å². The Morgan fingerprint density at radius 1 is 1.21 bits per heavy atom. The summed E-state index contributed by atoms with van der Waals surface area (Å²) < 4.78 is 8.41. The molecule has 34 heavy (non-hydrogen) atoms. The zero-order chi connectivity index (χ0) is 24.1. The molecule has 11 heteroatoms. The molecule has 0 fully saturated rings. The number of fused-ring (bicyclic) bond motifs is 1. The van der Waals surface area contributed by atoms with E-state index in [0.29, 0.717) is 41.1 Å². The Labute approximate surface area is 193 Å². The van der Waals surface area contributed by atoms with Crippen LogP contribution in [0, 0.1) is 10.1 Å². The van der Waals surface area contributed by atoms with Gasteiger partial charge in [0.2, 0.25) is 0 Å². The Morgan fingerprint density at radius 2 is 2.03 bits per heavy atom. The minimum absolute atomic E-state index is 0.0432. The van der Waals surface area contributed by atoms with Crippen molar-refractivity contribution >= 4 is 22.6 Å². The van der Waals surface area contributed by atoms with Crippen LogP contribution in [-0.2, 0) is 13.1 Å². The number of benzene rings is 2. The number of amides is 1. The number of hydrogen-bond donors (Lipinski definition) is 1. The third kappa shape index (κ3) is 4.77. The van der Waals surface area contributed by atoms with Gasteiger partial charge in [0, 0.05) is 18.7 Å². The second-order valence-corrected chi connectivity index (χ2v) is 7.39. The number of carbonyl (C=O) groups is 1. The number of para-hydroxylation sites is 1. The maximum Gasteiger partial charge on any atom is 0.269 e. The molecule has 1 N–H and O–H groups in total. The number of ether oxygens (including phenoxy) is 1. The Kier molecular flexibility index (Phi) is 6.62. The van der Waals surface area contributed by atoms with Gasteiger partial charge in [-0.05, 0) is 24.6 Å². The molecule has 0 aliphatic carbocycles. The van der Waals surface area contributed by atoms with E-state index in [1.54, 1.807) is 41.1 Å². The van der Waals surface area contributed by atoms with E-state index in [1.165, 1.54) is 29.2 Å². The lowest BCUT2D eigenvalue weighted by molar-refractivity contribution is -0.384. The highest BCUT2D eigenvalue weighted by atomic mass is 16.6. The molecule has 0 aliphatic heterocycles. The van der Waals surface area contributed by atoms with Gasteiger partial charge in [-0.15, -0.1) is 0 Å². The van der Waals surface area contributed by atoms with Crippen molar-refractivity contribution < 1.29 is 14.5 Å². The largest absolute Gasteiger partial charge is 0.493 e. The Bertz CT molecular complexity index is 1410. The number of nitro groups is 1. The van der Waals surface area contributed by atoms with Crippen LogP contribution in [0.5, 0.6) is 5.75 Å². The first-order chi connectivity index (χ1) is 16.5. The summed E-state index contributed by atoms with van der Waals surface area (Å²) in [4.78, 5) is 40.3. The predicted octanol–water partition coefficient (Wildman–Crippen LogP) is 2.38. The molecule has 0 saturated heterocycles. The third-order valence-corrected chi connectivity index (χ3v) is 5.14. The van der Waals surface area contributed by atoms with Crippen LogP contribution in [0.15, 0.2) is 65.8 Å². The number of nitro benzene ring substituents is 1. The van der Waals surface area contributed by atoms with Crippen molar-refractivity contribution in [3.8, 4) is 5.75 Å². The quantitative estimate of drug-likeness (QED) is 0.298. The molecule has 0 aliphatic rings. The number of rotatable bonds is 9. The van der Waals surface area contributed by atoms with Crippen LogP contribution in [0.3, 0.4) is 0 Å². The number of carbonyl (C=O) groups excluding carboxylic acids is 1. The fourth-order valence-corrected chi connectivity index (χ4v) is 3.54. The van der Waals surface area contributed by atoms with Crippen molar-refractivity contribution in [1.29, 1.82) is 0 Å². The van der Waals surface area contributed by atoms with Gasteiger partial charge in [0.15, 0.2) is 5.65 Å². The molecule has 4 aromatic rings. The topological polar surface area (TPSA) is 134 Å². The molecule has 174 valence electrons. The molecule has 0 spiro atoms. The van der Waals surface area contributed by atoms with Crippen molar-refractivity contribution in [3.63, 3.8) is 0 Å². The maximum atomic E-state index is 12.9. The summed E-state index contributed by atoms with van der Waals surface area (Å²) in [7, 11) is 0. The number of nitrogens with one attached hydrogen (secondary N) is 1. The summed E-state index contributed by atoms with van der Waals surface area (Å²) in [5.74, 6) is 0.241. The van der Waals surface area contributed by atoms with Crippen molar-refractivity contribution in [2.24, 2.45) is 0 Å². The molecule has 0 saturated carbocycles. The number of aromatic nitrogens is 4. The highest BCUT2D eigenvalue weighted by molar-refractivity contribution is 5.96. The van der Waals surface area contributed by atoms with Crippen molar-refractivity contribution in [2.45, 2.75) is 20.0 Å². The molecular weight excluding hydrogens is 440 g/mol. The first-order valence-electron chi connectivity index (χ1n) is 10.6. The van der Waals surface area contributed by atoms with Gasteiger partial charge in [0.25, 0.3) is 17.2 Å². The van der Waals surface area contributed by atoms with Gasteiger partial charge in [0.05, 0.1) is 36.4 Å². The fourth-order valence-electron chi connectivity index (χ4n) is 3.54. The normalized spacial score (nSPS) is 10.9. The lowest BCUT2D eigenvalue weighted by Gasteiger charge is -2.10. The molecule has 0 bridgehead atoms. The zero-order valence-corrected chi connectivity index (χ0v) is 18.4. The molecule has 0 unspecified atom stereocenters. The zero-order valence-electron chi connectivity index (χ0n) is 18.4. The molecule has 11 nitrogen and oxygen atoms in total. The van der Waals surface area contributed by atoms with Crippen LogP contribution < -0.4 is 15.6 Å². The van der Waals surface area contributed by atoms with Crippen LogP contribution in [0.1, 0.15) is 22.8 Å². The first-order valence-corrected chi connectivity index (χ1v) is 10.6. The smallest absolute Gasteiger partial charge is 0.269 e. The monoisotopic (exact) mass is 462 g/mol. The van der Waals surface area contributed by atoms with Gasteiger partial charge in [-0.3, -0.25) is 24.3 Å². The third-order valence-electron chi connectivity index (χ3n) is 5.14. The average Bonchev–Trinajstić information content (AvgIpc) is 3.25. The molecule has 2 heterocycles. The molecule has 0 atom stereocenters. The van der Waals surface area contributed by atoms with Gasteiger partial charge in [-0.2, -0.15) is 5.10 Å². The van der Waals surface area contributed by atoms with Crippen LogP contribution in [-0.4, -0.2) is 43.3 Å². The molecule has 1 amide bonds. The van der Waals surface area contributed by atoms with E-state index >= 15 is 0 Å². The summed E-state index contributed by atoms with van der Waals surface area (Å²) in [5.41, 5.74) is 1.09. The summed E-state index contributed by atoms with van der Waals surface area (Å²) in [6.07, 6.45) is 2.82. The van der Waals surface area contributed by atoms with E-state index in [1.807, 2.05) is 6.92 Å². The molecular formula is C23H22N6O5. The molecule has 4 rings (SSSR count). The van der Waals surface area contributed by atoms with Crippen LogP contribution in [0.2, 0.25) is 0 Å². The standard InChI is InChI=1S/C23H22N6O5/c1-2-34-20-9-4-3-8-18(20)22(30)24-10-11-28-21-19(13-26-28)23(31)27(15-25-21)14-16-6-5-7-17(12-16)29(32)33/h3-9,12-13,15H,2,10-11,14H2,1H3,(H,24,30). The maximum absolute atomic E-state index is 12.9. The lowest BCUT2D eigenvalue weighted by Crippen LogP contribution is -2.28. The second kappa shape index (κ2) is 9.94. The minimum Gasteiger partial charge on any atom is -0.493 e. The Balaban J connectivity index is 1.46. The van der Waals surface area contributed by atoms with E-state index in [4.69, 9.17) is 4.74 Å². The molecule has 2 aromatic carbocycles. The Morgan fingerprint density at radius 3 is 2.82 bits per heavy atom. The molecule has 2 aromatic heterocycles. The average molecular weight is 462 g/mol. The number of nitrogens with zero attached hydrogens (tertiary/aromatic N) is 5. The predicted molar refractivity (Wildman–Crippen MR) is 124 cm³/mol. The van der Waals surface area contributed by atoms with Crippen LogP contribution in [0.4, 0.5) is 5.69 Å². The summed E-state index contributed by atoms with van der Waals surface area (Å²) >= 11 is 0. The first kappa shape index (κ1) is 22.6. The van der Waals surface area contributed by atoms with Crippen LogP contribution >= 0.6 is 0 Å². The van der Waals surface area contributed by atoms with E-state index in [2.05, 4.69) is 15.4 Å².